The van der Waals surface area contributed by atoms with Gasteiger partial charge in [-0.1, -0.05) is 24.8 Å². The van der Waals surface area contributed by atoms with Crippen LogP contribution < -0.4 is 4.90 Å². The summed E-state index contributed by atoms with van der Waals surface area (Å²) in [5, 5.41) is 9.35. The Hall–Kier alpha value is -2.81. The summed E-state index contributed by atoms with van der Waals surface area (Å²) in [5.74, 6) is -0.552. The van der Waals surface area contributed by atoms with Crippen molar-refractivity contribution in [3.63, 3.8) is 0 Å². The minimum Gasteiger partial charge on any atom is -0.429 e. The first-order valence-corrected chi connectivity index (χ1v) is 7.44. The second kappa shape index (κ2) is 5.68. The standard InChI is InChI=1S/C18H20N2O4/c1-11-8-7-9-13-14(11)20(6)15(21)18(13,12(2)10-19)24-16(22)23-17(3,4)5/h7-9H,2H2,1,3-6H3. The van der Waals surface area contributed by atoms with E-state index in [0.717, 1.165) is 5.56 Å². The molecule has 1 aliphatic heterocycles. The SMILES string of the molecule is C=C(C#N)C1(OC(=O)OC(C)(C)C)C(=O)N(C)c2c(C)cccc21. The van der Waals surface area contributed by atoms with Gasteiger partial charge < -0.3 is 14.4 Å². The van der Waals surface area contributed by atoms with Crippen molar-refractivity contribution in [3.05, 3.63) is 41.5 Å². The van der Waals surface area contributed by atoms with Crippen LogP contribution in [0.25, 0.3) is 0 Å². The topological polar surface area (TPSA) is 79.6 Å². The maximum atomic E-state index is 12.9. The van der Waals surface area contributed by atoms with Gasteiger partial charge in [0.15, 0.2) is 0 Å². The maximum Gasteiger partial charge on any atom is 0.510 e. The molecular formula is C18H20N2O4. The number of anilines is 1. The van der Waals surface area contributed by atoms with Crippen molar-refractivity contribution in [1.82, 2.24) is 0 Å². The van der Waals surface area contributed by atoms with Crippen molar-refractivity contribution in [3.8, 4) is 6.07 Å². The predicted molar refractivity (Wildman–Crippen MR) is 88.3 cm³/mol. The van der Waals surface area contributed by atoms with Crippen LogP contribution in [0.4, 0.5) is 10.5 Å². The van der Waals surface area contributed by atoms with Crippen molar-refractivity contribution in [2.24, 2.45) is 0 Å². The van der Waals surface area contributed by atoms with Crippen molar-refractivity contribution in [1.29, 1.82) is 5.26 Å². The first-order valence-electron chi connectivity index (χ1n) is 7.44. The molecule has 6 heteroatoms. The number of rotatable bonds is 2. The highest BCUT2D eigenvalue weighted by atomic mass is 16.7. The van der Waals surface area contributed by atoms with Crippen LogP contribution in [-0.4, -0.2) is 24.7 Å². The largest absolute Gasteiger partial charge is 0.510 e. The van der Waals surface area contributed by atoms with E-state index in [0.29, 0.717) is 11.3 Å². The van der Waals surface area contributed by atoms with E-state index >= 15 is 0 Å². The number of benzene rings is 1. The highest BCUT2D eigenvalue weighted by Gasteiger charge is 2.56. The Morgan fingerprint density at radius 2 is 2.00 bits per heavy atom. The Labute approximate surface area is 141 Å². The summed E-state index contributed by atoms with van der Waals surface area (Å²) in [4.78, 5) is 26.5. The molecule has 1 atom stereocenters. The molecule has 1 heterocycles. The fraction of sp³-hybridized carbons (Fsp3) is 0.389. The molecule has 24 heavy (non-hydrogen) atoms. The molecule has 1 aromatic rings. The number of amides is 1. The molecule has 2 rings (SSSR count). The van der Waals surface area contributed by atoms with Crippen LogP contribution in [0.2, 0.25) is 0 Å². The molecule has 0 saturated carbocycles. The van der Waals surface area contributed by atoms with Crippen molar-refractivity contribution >= 4 is 17.7 Å². The molecule has 0 N–H and O–H groups in total. The van der Waals surface area contributed by atoms with Gasteiger partial charge in [-0.2, -0.15) is 5.26 Å². The summed E-state index contributed by atoms with van der Waals surface area (Å²) in [5.41, 5.74) is -1.03. The normalized spacial score (nSPS) is 19.5. The number of nitrogens with zero attached hydrogens (tertiary/aromatic N) is 2. The van der Waals surface area contributed by atoms with Crippen molar-refractivity contribution < 1.29 is 19.1 Å². The van der Waals surface area contributed by atoms with Gasteiger partial charge in [0, 0.05) is 12.6 Å². The van der Waals surface area contributed by atoms with Crippen molar-refractivity contribution in [2.75, 3.05) is 11.9 Å². The van der Waals surface area contributed by atoms with E-state index in [1.807, 2.05) is 19.1 Å². The number of nitriles is 1. The lowest BCUT2D eigenvalue weighted by molar-refractivity contribution is -0.136. The highest BCUT2D eigenvalue weighted by Crippen LogP contribution is 2.47. The average Bonchev–Trinajstić information content (AvgIpc) is 2.68. The fourth-order valence-electron chi connectivity index (χ4n) is 2.77. The number of fused-ring (bicyclic) bond motifs is 1. The number of ether oxygens (including phenoxy) is 2. The van der Waals surface area contributed by atoms with E-state index in [1.54, 1.807) is 40.0 Å². The Morgan fingerprint density at radius 3 is 2.54 bits per heavy atom. The number of carbonyl (C=O) groups excluding carboxylic acids is 2. The van der Waals surface area contributed by atoms with E-state index in [4.69, 9.17) is 9.47 Å². The summed E-state index contributed by atoms with van der Waals surface area (Å²) in [6, 6.07) is 7.07. The van der Waals surface area contributed by atoms with Gasteiger partial charge in [0.05, 0.1) is 17.3 Å². The zero-order valence-corrected chi connectivity index (χ0v) is 14.5. The van der Waals surface area contributed by atoms with E-state index < -0.39 is 23.3 Å². The van der Waals surface area contributed by atoms with E-state index in [1.165, 1.54) is 4.90 Å². The van der Waals surface area contributed by atoms with E-state index in [2.05, 4.69) is 6.58 Å². The fourth-order valence-corrected chi connectivity index (χ4v) is 2.77. The molecule has 1 aliphatic rings. The van der Waals surface area contributed by atoms with Crippen LogP contribution in [-0.2, 0) is 19.9 Å². The first kappa shape index (κ1) is 17.5. The Kier molecular flexibility index (Phi) is 4.15. The lowest BCUT2D eigenvalue weighted by Gasteiger charge is -2.28. The molecule has 0 fully saturated rings. The van der Waals surface area contributed by atoms with Crippen LogP contribution in [0, 0.1) is 18.3 Å². The molecule has 0 saturated heterocycles. The molecule has 0 radical (unpaired) electrons. The quantitative estimate of drug-likeness (QED) is 0.615. The monoisotopic (exact) mass is 328 g/mol. The molecule has 1 unspecified atom stereocenters. The average molecular weight is 328 g/mol. The molecule has 1 aromatic carbocycles. The second-order valence-electron chi connectivity index (χ2n) is 6.67. The van der Waals surface area contributed by atoms with Gasteiger partial charge in [0.1, 0.15) is 5.60 Å². The molecule has 126 valence electrons. The second-order valence-corrected chi connectivity index (χ2v) is 6.67. The minimum atomic E-state index is -1.90. The molecular weight excluding hydrogens is 308 g/mol. The third-order valence-corrected chi connectivity index (χ3v) is 3.74. The number of hydrogen-bond acceptors (Lipinski definition) is 5. The number of hydrogen-bond donors (Lipinski definition) is 0. The first-order chi connectivity index (χ1) is 11.0. The summed E-state index contributed by atoms with van der Waals surface area (Å²) in [7, 11) is 1.57. The molecule has 0 aliphatic carbocycles. The van der Waals surface area contributed by atoms with Crippen LogP contribution in [0.3, 0.4) is 0 Å². The van der Waals surface area contributed by atoms with Crippen LogP contribution >= 0.6 is 0 Å². The number of para-hydroxylation sites is 1. The molecule has 0 aromatic heterocycles. The summed E-state index contributed by atoms with van der Waals surface area (Å²) >= 11 is 0. The zero-order valence-electron chi connectivity index (χ0n) is 14.5. The van der Waals surface area contributed by atoms with Gasteiger partial charge in [0.25, 0.3) is 11.5 Å². The molecule has 1 amide bonds. The van der Waals surface area contributed by atoms with Gasteiger partial charge in [-0.25, -0.2) is 4.79 Å². The molecule has 0 bridgehead atoms. The van der Waals surface area contributed by atoms with E-state index in [9.17, 15) is 14.9 Å². The zero-order chi connectivity index (χ0) is 18.3. The summed E-state index contributed by atoms with van der Waals surface area (Å²) in [6.07, 6.45) is -1.03. The Bertz CT molecular complexity index is 770. The van der Waals surface area contributed by atoms with Gasteiger partial charge in [-0.05, 0) is 33.3 Å². The van der Waals surface area contributed by atoms with Crippen LogP contribution in [0.1, 0.15) is 31.9 Å². The van der Waals surface area contributed by atoms with Crippen LogP contribution in [0.15, 0.2) is 30.4 Å². The third-order valence-electron chi connectivity index (χ3n) is 3.74. The summed E-state index contributed by atoms with van der Waals surface area (Å²) < 4.78 is 10.6. The van der Waals surface area contributed by atoms with Gasteiger partial charge >= 0.3 is 6.16 Å². The third kappa shape index (κ3) is 2.62. The van der Waals surface area contributed by atoms with E-state index in [-0.39, 0.29) is 5.57 Å². The van der Waals surface area contributed by atoms with Gasteiger partial charge in [-0.15, -0.1) is 0 Å². The smallest absolute Gasteiger partial charge is 0.429 e. The van der Waals surface area contributed by atoms with Crippen LogP contribution in [0.5, 0.6) is 0 Å². The van der Waals surface area contributed by atoms with Gasteiger partial charge in [0.2, 0.25) is 0 Å². The highest BCUT2D eigenvalue weighted by molar-refractivity contribution is 6.10. The number of likely N-dealkylation sites (N-methyl/N-ethyl adjacent to an activating group) is 1. The van der Waals surface area contributed by atoms with Crippen molar-refractivity contribution in [2.45, 2.75) is 38.9 Å². The Morgan fingerprint density at radius 1 is 1.38 bits per heavy atom. The lowest BCUT2D eigenvalue weighted by Crippen LogP contribution is -2.44. The lowest BCUT2D eigenvalue weighted by atomic mass is 9.87. The maximum absolute atomic E-state index is 12.9. The Balaban J connectivity index is 2.61. The predicted octanol–water partition coefficient (Wildman–Crippen LogP) is 3.20. The molecule has 0 spiro atoms. The number of carbonyl (C=O) groups is 2. The summed E-state index contributed by atoms with van der Waals surface area (Å²) in [6.45, 7) is 10.5. The van der Waals surface area contributed by atoms with Gasteiger partial charge in [-0.3, -0.25) is 4.79 Å². The number of aryl methyl sites for hydroxylation is 1. The molecule has 6 nitrogen and oxygen atoms in total. The minimum absolute atomic E-state index is 0.172.